The number of hydrogen-bond acceptors (Lipinski definition) is 3. The standard InChI is InChI=1S/C30H36N2O2S/c1-23-12-11-17-26(18-23)20-32(28(33)22-35-21-25-15-9-6-10-16-25)27(29(34)31-30(2,3)4)19-24-13-7-5-8-14-24/h5-18,27H,19-22H2,1-4H3,(H,31,34). The summed E-state index contributed by atoms with van der Waals surface area (Å²) < 4.78 is 0. The predicted molar refractivity (Wildman–Crippen MR) is 146 cm³/mol. The molecule has 5 heteroatoms. The second kappa shape index (κ2) is 12.6. The van der Waals surface area contributed by atoms with Gasteiger partial charge in [0.25, 0.3) is 0 Å². The second-order valence-electron chi connectivity index (χ2n) is 9.93. The normalized spacial score (nSPS) is 12.1. The number of hydrogen-bond donors (Lipinski definition) is 1. The average Bonchev–Trinajstić information content (AvgIpc) is 2.81. The first kappa shape index (κ1) is 26.6. The van der Waals surface area contributed by atoms with Gasteiger partial charge < -0.3 is 10.2 Å². The Kier molecular flexibility index (Phi) is 9.55. The Hall–Kier alpha value is -3.05. The summed E-state index contributed by atoms with van der Waals surface area (Å²) in [5, 5.41) is 3.11. The lowest BCUT2D eigenvalue weighted by Gasteiger charge is -2.34. The Morgan fingerprint density at radius 1 is 0.857 bits per heavy atom. The zero-order valence-corrected chi connectivity index (χ0v) is 22.0. The molecule has 1 atom stereocenters. The van der Waals surface area contributed by atoms with Crippen LogP contribution >= 0.6 is 11.8 Å². The van der Waals surface area contributed by atoms with E-state index in [9.17, 15) is 9.59 Å². The molecule has 4 nitrogen and oxygen atoms in total. The van der Waals surface area contributed by atoms with Gasteiger partial charge in [-0.25, -0.2) is 0 Å². The molecule has 3 aromatic rings. The zero-order valence-electron chi connectivity index (χ0n) is 21.2. The van der Waals surface area contributed by atoms with Gasteiger partial charge in [0, 0.05) is 24.3 Å². The van der Waals surface area contributed by atoms with Crippen LogP contribution < -0.4 is 5.32 Å². The van der Waals surface area contributed by atoms with Crippen LogP contribution in [0.25, 0.3) is 0 Å². The quantitative estimate of drug-likeness (QED) is 0.393. The Bertz CT molecular complexity index is 1090. The van der Waals surface area contributed by atoms with Crippen LogP contribution in [0.2, 0.25) is 0 Å². The molecule has 0 aliphatic rings. The summed E-state index contributed by atoms with van der Waals surface area (Å²) in [5.74, 6) is 0.907. The maximum Gasteiger partial charge on any atom is 0.243 e. The molecule has 184 valence electrons. The largest absolute Gasteiger partial charge is 0.350 e. The van der Waals surface area contributed by atoms with Crippen molar-refractivity contribution in [3.8, 4) is 0 Å². The Morgan fingerprint density at radius 3 is 2.06 bits per heavy atom. The number of rotatable bonds is 10. The van der Waals surface area contributed by atoms with Gasteiger partial charge in [0.2, 0.25) is 11.8 Å². The van der Waals surface area contributed by atoms with Gasteiger partial charge in [-0.1, -0.05) is 90.5 Å². The van der Waals surface area contributed by atoms with Crippen molar-refractivity contribution in [1.29, 1.82) is 0 Å². The van der Waals surface area contributed by atoms with Gasteiger partial charge in [-0.3, -0.25) is 9.59 Å². The van der Waals surface area contributed by atoms with E-state index in [1.54, 1.807) is 16.7 Å². The molecular formula is C30H36N2O2S. The summed E-state index contributed by atoms with van der Waals surface area (Å²) in [6, 6.07) is 27.6. The van der Waals surface area contributed by atoms with Gasteiger partial charge in [-0.05, 0) is 44.4 Å². The third-order valence-electron chi connectivity index (χ3n) is 5.54. The van der Waals surface area contributed by atoms with E-state index in [4.69, 9.17) is 0 Å². The molecule has 1 N–H and O–H groups in total. The third-order valence-corrected chi connectivity index (χ3v) is 6.53. The minimum Gasteiger partial charge on any atom is -0.350 e. The van der Waals surface area contributed by atoms with Gasteiger partial charge in [-0.2, -0.15) is 0 Å². The van der Waals surface area contributed by atoms with Gasteiger partial charge in [0.05, 0.1) is 5.75 Å². The molecule has 0 spiro atoms. The first-order valence-electron chi connectivity index (χ1n) is 12.0. The van der Waals surface area contributed by atoms with Crippen molar-refractivity contribution in [2.75, 3.05) is 5.75 Å². The van der Waals surface area contributed by atoms with Crippen molar-refractivity contribution in [3.05, 3.63) is 107 Å². The lowest BCUT2D eigenvalue weighted by molar-refractivity contribution is -0.140. The van der Waals surface area contributed by atoms with Gasteiger partial charge in [-0.15, -0.1) is 11.8 Å². The average molecular weight is 489 g/mol. The van der Waals surface area contributed by atoms with E-state index in [-0.39, 0.29) is 11.8 Å². The van der Waals surface area contributed by atoms with E-state index >= 15 is 0 Å². The van der Waals surface area contributed by atoms with Crippen molar-refractivity contribution in [3.63, 3.8) is 0 Å². The van der Waals surface area contributed by atoms with Crippen LogP contribution in [0.1, 0.15) is 43.0 Å². The third kappa shape index (κ3) is 8.91. The van der Waals surface area contributed by atoms with E-state index in [0.29, 0.717) is 18.7 Å². The summed E-state index contributed by atoms with van der Waals surface area (Å²) in [6.07, 6.45) is 0.462. The smallest absolute Gasteiger partial charge is 0.243 e. The summed E-state index contributed by atoms with van der Waals surface area (Å²) in [6.45, 7) is 8.33. The number of nitrogens with one attached hydrogen (secondary N) is 1. The highest BCUT2D eigenvalue weighted by molar-refractivity contribution is 7.99. The number of aryl methyl sites for hydroxylation is 1. The highest BCUT2D eigenvalue weighted by atomic mass is 32.2. The van der Waals surface area contributed by atoms with Crippen molar-refractivity contribution >= 4 is 23.6 Å². The van der Waals surface area contributed by atoms with Crippen LogP contribution in [0.3, 0.4) is 0 Å². The predicted octanol–water partition coefficient (Wildman–Crippen LogP) is 5.78. The summed E-state index contributed by atoms with van der Waals surface area (Å²) in [4.78, 5) is 29.0. The van der Waals surface area contributed by atoms with E-state index in [0.717, 1.165) is 22.4 Å². The van der Waals surface area contributed by atoms with Gasteiger partial charge in [0.1, 0.15) is 6.04 Å². The van der Waals surface area contributed by atoms with Crippen molar-refractivity contribution in [1.82, 2.24) is 10.2 Å². The minimum absolute atomic E-state index is 0.0302. The lowest BCUT2D eigenvalue weighted by Crippen LogP contribution is -2.54. The van der Waals surface area contributed by atoms with Crippen LogP contribution in [-0.2, 0) is 28.3 Å². The molecule has 3 aromatic carbocycles. The fraction of sp³-hybridized carbons (Fsp3) is 0.333. The SMILES string of the molecule is Cc1cccc(CN(C(=O)CSCc2ccccc2)C(Cc2ccccc2)C(=O)NC(C)(C)C)c1. The van der Waals surface area contributed by atoms with E-state index < -0.39 is 11.6 Å². The number of benzene rings is 3. The molecule has 0 radical (unpaired) electrons. The maximum absolute atomic E-state index is 13.6. The molecule has 0 bridgehead atoms. The molecule has 0 aliphatic heterocycles. The summed E-state index contributed by atoms with van der Waals surface area (Å²) in [7, 11) is 0. The fourth-order valence-corrected chi connectivity index (χ4v) is 4.80. The molecule has 0 aliphatic carbocycles. The molecule has 3 rings (SSSR count). The summed E-state index contributed by atoms with van der Waals surface area (Å²) >= 11 is 1.58. The van der Waals surface area contributed by atoms with E-state index in [1.165, 1.54) is 5.56 Å². The molecule has 0 saturated heterocycles. The minimum atomic E-state index is -0.609. The van der Waals surface area contributed by atoms with E-state index in [1.807, 2.05) is 94.4 Å². The van der Waals surface area contributed by atoms with Gasteiger partial charge >= 0.3 is 0 Å². The molecular weight excluding hydrogens is 452 g/mol. The van der Waals surface area contributed by atoms with Gasteiger partial charge in [0.15, 0.2) is 0 Å². The molecule has 0 saturated carbocycles. The Balaban J connectivity index is 1.87. The number of carbonyl (C=O) groups excluding carboxylic acids is 2. The first-order valence-corrected chi connectivity index (χ1v) is 13.2. The number of nitrogens with zero attached hydrogens (tertiary/aromatic N) is 1. The lowest BCUT2D eigenvalue weighted by atomic mass is 10.0. The molecule has 0 heterocycles. The molecule has 35 heavy (non-hydrogen) atoms. The Morgan fingerprint density at radius 2 is 1.46 bits per heavy atom. The topological polar surface area (TPSA) is 49.4 Å². The fourth-order valence-electron chi connectivity index (χ4n) is 3.93. The van der Waals surface area contributed by atoms with Crippen molar-refractivity contribution in [2.45, 2.75) is 58.0 Å². The monoisotopic (exact) mass is 488 g/mol. The van der Waals surface area contributed by atoms with Crippen LogP contribution in [0.4, 0.5) is 0 Å². The molecule has 1 unspecified atom stereocenters. The molecule has 0 fully saturated rings. The highest BCUT2D eigenvalue weighted by Gasteiger charge is 2.32. The first-order chi connectivity index (χ1) is 16.7. The number of amides is 2. The zero-order chi connectivity index (χ0) is 25.3. The van der Waals surface area contributed by atoms with Crippen molar-refractivity contribution < 1.29 is 9.59 Å². The molecule has 2 amide bonds. The van der Waals surface area contributed by atoms with Crippen molar-refractivity contribution in [2.24, 2.45) is 0 Å². The summed E-state index contributed by atoms with van der Waals surface area (Å²) in [5.41, 5.74) is 3.97. The van der Waals surface area contributed by atoms with Crippen LogP contribution in [0.5, 0.6) is 0 Å². The van der Waals surface area contributed by atoms with Crippen LogP contribution in [0.15, 0.2) is 84.9 Å². The van der Waals surface area contributed by atoms with Crippen LogP contribution in [0, 0.1) is 6.92 Å². The number of thioether (sulfide) groups is 1. The van der Waals surface area contributed by atoms with Crippen LogP contribution in [-0.4, -0.2) is 34.0 Å². The maximum atomic E-state index is 13.6. The second-order valence-corrected chi connectivity index (χ2v) is 10.9. The number of carbonyl (C=O) groups is 2. The van der Waals surface area contributed by atoms with E-state index in [2.05, 4.69) is 23.5 Å². The Labute approximate surface area is 214 Å². The highest BCUT2D eigenvalue weighted by Crippen LogP contribution is 2.19. The molecule has 0 aromatic heterocycles.